The largest absolute Gasteiger partial charge is 0.366 e. The highest BCUT2D eigenvalue weighted by atomic mass is 32.1. The molecule has 3 aromatic rings. The molecule has 0 aliphatic carbocycles. The first kappa shape index (κ1) is 14.7. The molecule has 2 aromatic carbocycles. The van der Waals surface area contributed by atoms with Gasteiger partial charge in [-0.25, -0.2) is 0 Å². The van der Waals surface area contributed by atoms with Gasteiger partial charge in [0.05, 0.1) is 0 Å². The molecule has 5 heteroatoms. The van der Waals surface area contributed by atoms with Gasteiger partial charge in [0.1, 0.15) is 0 Å². The first-order valence-electron chi connectivity index (χ1n) is 7.53. The second-order valence-electron chi connectivity index (χ2n) is 5.66. The minimum atomic E-state index is -0.422. The van der Waals surface area contributed by atoms with Crippen molar-refractivity contribution in [1.29, 1.82) is 0 Å². The third-order valence-electron chi connectivity index (χ3n) is 4.13. The minimum absolute atomic E-state index is 0.00189. The van der Waals surface area contributed by atoms with Crippen LogP contribution in [0.25, 0.3) is 20.9 Å². The normalized spacial score (nSPS) is 12.8. The number of nitrogens with two attached hydrogens (primary N) is 1. The molecule has 2 heterocycles. The molecule has 0 atom stereocenters. The quantitative estimate of drug-likeness (QED) is 0.770. The summed E-state index contributed by atoms with van der Waals surface area (Å²) in [5, 5.41) is 2.84. The molecule has 0 unspecified atom stereocenters. The first-order valence-corrected chi connectivity index (χ1v) is 8.35. The highest BCUT2D eigenvalue weighted by Gasteiger charge is 2.19. The number of amides is 2. The Morgan fingerprint density at radius 1 is 0.958 bits per heavy atom. The molecule has 1 aliphatic heterocycles. The fourth-order valence-electron chi connectivity index (χ4n) is 2.83. The highest BCUT2D eigenvalue weighted by molar-refractivity contribution is 7.18. The Labute approximate surface area is 142 Å². The zero-order valence-corrected chi connectivity index (χ0v) is 13.5. The molecule has 24 heavy (non-hydrogen) atoms. The summed E-state index contributed by atoms with van der Waals surface area (Å²) in [6, 6.07) is 17.4. The van der Waals surface area contributed by atoms with E-state index in [0.717, 1.165) is 32.0 Å². The van der Waals surface area contributed by atoms with E-state index in [1.807, 2.05) is 24.3 Å². The number of carbonyl (C=O) groups is 2. The van der Waals surface area contributed by atoms with Crippen LogP contribution < -0.4 is 11.1 Å². The maximum atomic E-state index is 11.6. The number of carbonyl (C=O) groups excluding carboxylic acids is 2. The van der Waals surface area contributed by atoms with Gasteiger partial charge in [0.2, 0.25) is 5.91 Å². The summed E-state index contributed by atoms with van der Waals surface area (Å²) in [6.07, 6.45) is 0. The Balaban J connectivity index is 1.65. The molecule has 0 saturated heterocycles. The number of hydrogen-bond donors (Lipinski definition) is 2. The Morgan fingerprint density at radius 2 is 1.62 bits per heavy atom. The lowest BCUT2D eigenvalue weighted by atomic mass is 10.1. The Hall–Kier alpha value is -2.92. The van der Waals surface area contributed by atoms with Gasteiger partial charge in [-0.2, -0.15) is 0 Å². The van der Waals surface area contributed by atoms with Crippen molar-refractivity contribution in [3.05, 3.63) is 71.3 Å². The molecule has 4 nitrogen and oxygen atoms in total. The average molecular weight is 334 g/mol. The number of benzene rings is 2. The zero-order valence-electron chi connectivity index (χ0n) is 12.7. The lowest BCUT2D eigenvalue weighted by Gasteiger charge is -2.01. The summed E-state index contributed by atoms with van der Waals surface area (Å²) in [6.45, 7) is 0.592. The van der Waals surface area contributed by atoms with Crippen LogP contribution in [0, 0.1) is 0 Å². The van der Waals surface area contributed by atoms with Crippen LogP contribution in [0.5, 0.6) is 0 Å². The van der Waals surface area contributed by atoms with E-state index in [2.05, 4.69) is 23.5 Å². The second-order valence-corrected chi connectivity index (χ2v) is 6.74. The van der Waals surface area contributed by atoms with E-state index >= 15 is 0 Å². The Bertz CT molecular complexity index is 958. The van der Waals surface area contributed by atoms with Gasteiger partial charge in [0.25, 0.3) is 5.91 Å². The van der Waals surface area contributed by atoms with Crippen molar-refractivity contribution >= 4 is 23.2 Å². The fraction of sp³-hybridized carbons (Fsp3) is 0.0526. The van der Waals surface area contributed by atoms with Crippen LogP contribution in [0.1, 0.15) is 26.3 Å². The lowest BCUT2D eigenvalue weighted by molar-refractivity contribution is 0.0964. The van der Waals surface area contributed by atoms with E-state index in [0.29, 0.717) is 12.1 Å². The predicted molar refractivity (Wildman–Crippen MR) is 94.9 cm³/mol. The van der Waals surface area contributed by atoms with Crippen molar-refractivity contribution in [3.8, 4) is 20.9 Å². The minimum Gasteiger partial charge on any atom is -0.366 e. The number of fused-ring (bicyclic) bond motifs is 1. The maximum Gasteiger partial charge on any atom is 0.251 e. The molecule has 0 radical (unpaired) electrons. The second kappa shape index (κ2) is 5.62. The molecule has 0 fully saturated rings. The van der Waals surface area contributed by atoms with Crippen LogP contribution in [0.2, 0.25) is 0 Å². The van der Waals surface area contributed by atoms with Crippen LogP contribution in [-0.4, -0.2) is 11.8 Å². The Kier molecular flexibility index (Phi) is 3.43. The van der Waals surface area contributed by atoms with Crippen LogP contribution in [0.4, 0.5) is 0 Å². The summed E-state index contributed by atoms with van der Waals surface area (Å²) in [4.78, 5) is 25.1. The highest BCUT2D eigenvalue weighted by Crippen LogP contribution is 2.35. The van der Waals surface area contributed by atoms with Crippen molar-refractivity contribution in [2.24, 2.45) is 5.73 Å². The van der Waals surface area contributed by atoms with E-state index in [1.54, 1.807) is 23.5 Å². The third-order valence-corrected chi connectivity index (χ3v) is 5.32. The molecule has 2 amide bonds. The van der Waals surface area contributed by atoms with Crippen LogP contribution in [0.3, 0.4) is 0 Å². The third kappa shape index (κ3) is 2.49. The summed E-state index contributed by atoms with van der Waals surface area (Å²) in [7, 11) is 0. The van der Waals surface area contributed by atoms with E-state index < -0.39 is 5.91 Å². The molecular weight excluding hydrogens is 320 g/mol. The van der Waals surface area contributed by atoms with Gasteiger partial charge in [-0.05, 0) is 53.1 Å². The van der Waals surface area contributed by atoms with Gasteiger partial charge in [-0.1, -0.05) is 18.2 Å². The van der Waals surface area contributed by atoms with Crippen molar-refractivity contribution < 1.29 is 9.59 Å². The van der Waals surface area contributed by atoms with E-state index in [4.69, 9.17) is 5.73 Å². The smallest absolute Gasteiger partial charge is 0.251 e. The fourth-order valence-corrected chi connectivity index (χ4v) is 3.84. The summed E-state index contributed by atoms with van der Waals surface area (Å²) in [5.74, 6) is -0.423. The SMILES string of the molecule is NC(=O)c1ccc(-c2ccc(-c3ccc4c(c3)CNC4=O)s2)cc1. The standard InChI is InChI=1S/C19H14N2O2S/c20-18(22)12-3-1-11(2-4-12)16-7-8-17(24-16)13-5-6-15-14(9-13)10-21-19(15)23/h1-9H,10H2,(H2,20,22)(H,21,23). The van der Waals surface area contributed by atoms with Gasteiger partial charge in [0, 0.05) is 27.4 Å². The van der Waals surface area contributed by atoms with Crippen molar-refractivity contribution in [2.45, 2.75) is 6.54 Å². The summed E-state index contributed by atoms with van der Waals surface area (Å²) < 4.78 is 0. The molecule has 3 N–H and O–H groups in total. The molecule has 0 bridgehead atoms. The number of hydrogen-bond acceptors (Lipinski definition) is 3. The van der Waals surface area contributed by atoms with E-state index in [-0.39, 0.29) is 5.91 Å². The Morgan fingerprint density at radius 3 is 2.33 bits per heavy atom. The van der Waals surface area contributed by atoms with Crippen molar-refractivity contribution in [2.75, 3.05) is 0 Å². The van der Waals surface area contributed by atoms with Gasteiger partial charge in [-0.15, -0.1) is 11.3 Å². The maximum absolute atomic E-state index is 11.6. The topological polar surface area (TPSA) is 72.2 Å². The number of rotatable bonds is 3. The van der Waals surface area contributed by atoms with Gasteiger partial charge < -0.3 is 11.1 Å². The molecule has 1 aliphatic rings. The van der Waals surface area contributed by atoms with Crippen LogP contribution >= 0.6 is 11.3 Å². The van der Waals surface area contributed by atoms with Crippen LogP contribution in [0.15, 0.2) is 54.6 Å². The number of primary amides is 1. The van der Waals surface area contributed by atoms with Gasteiger partial charge >= 0.3 is 0 Å². The zero-order chi connectivity index (χ0) is 16.7. The van der Waals surface area contributed by atoms with Crippen molar-refractivity contribution in [3.63, 3.8) is 0 Å². The van der Waals surface area contributed by atoms with E-state index in [1.165, 1.54) is 0 Å². The molecule has 4 rings (SSSR count). The predicted octanol–water partition coefficient (Wildman–Crippen LogP) is 3.42. The van der Waals surface area contributed by atoms with Gasteiger partial charge in [0.15, 0.2) is 0 Å². The molecule has 118 valence electrons. The summed E-state index contributed by atoms with van der Waals surface area (Å²) in [5.41, 5.74) is 9.74. The van der Waals surface area contributed by atoms with Gasteiger partial charge in [-0.3, -0.25) is 9.59 Å². The monoisotopic (exact) mass is 334 g/mol. The average Bonchev–Trinajstić information content (AvgIpc) is 3.22. The first-order chi connectivity index (χ1) is 11.6. The van der Waals surface area contributed by atoms with Crippen LogP contribution in [-0.2, 0) is 6.54 Å². The lowest BCUT2D eigenvalue weighted by Crippen LogP contribution is -2.12. The van der Waals surface area contributed by atoms with Crippen molar-refractivity contribution in [1.82, 2.24) is 5.32 Å². The number of thiophene rings is 1. The summed E-state index contributed by atoms with van der Waals surface area (Å²) >= 11 is 1.68. The van der Waals surface area contributed by atoms with E-state index in [9.17, 15) is 9.59 Å². The molecular formula is C19H14N2O2S. The molecule has 0 saturated carbocycles. The molecule has 0 spiro atoms. The number of nitrogens with one attached hydrogen (secondary N) is 1. The molecule has 1 aromatic heterocycles.